The predicted molar refractivity (Wildman–Crippen MR) is 68.2 cm³/mol. The molecule has 3 rings (SSSR count). The van der Waals surface area contributed by atoms with Gasteiger partial charge in [0.25, 0.3) is 5.91 Å². The number of fused-ring (bicyclic) bond motifs is 1. The summed E-state index contributed by atoms with van der Waals surface area (Å²) < 4.78 is 2.16. The zero-order valence-electron chi connectivity index (χ0n) is 9.72. The van der Waals surface area contributed by atoms with Crippen LogP contribution in [-0.2, 0) is 20.0 Å². The van der Waals surface area contributed by atoms with Crippen molar-refractivity contribution in [3.05, 3.63) is 45.9 Å². The molecule has 0 aliphatic carbocycles. The Morgan fingerprint density at radius 3 is 3.06 bits per heavy atom. The summed E-state index contributed by atoms with van der Waals surface area (Å²) in [6.07, 6.45) is 3.03. The molecule has 0 saturated carbocycles. The van der Waals surface area contributed by atoms with Gasteiger partial charge in [0, 0.05) is 38.4 Å². The smallest absolute Gasteiger partial charge is 0.264 e. The molecule has 3 nitrogen and oxygen atoms in total. The van der Waals surface area contributed by atoms with Gasteiger partial charge in [0.05, 0.1) is 4.88 Å². The minimum atomic E-state index is 0.162. The summed E-state index contributed by atoms with van der Waals surface area (Å²) in [7, 11) is 2.07. The van der Waals surface area contributed by atoms with Gasteiger partial charge in [0.2, 0.25) is 0 Å². The highest BCUT2D eigenvalue weighted by Gasteiger charge is 2.23. The van der Waals surface area contributed by atoms with E-state index >= 15 is 0 Å². The molecule has 1 aliphatic rings. The minimum Gasteiger partial charge on any atom is -0.354 e. The maximum absolute atomic E-state index is 12.2. The first-order chi connectivity index (χ1) is 8.25. The van der Waals surface area contributed by atoms with E-state index in [0.717, 1.165) is 24.4 Å². The van der Waals surface area contributed by atoms with Crippen LogP contribution < -0.4 is 0 Å². The topological polar surface area (TPSA) is 25.2 Å². The molecule has 2 aromatic rings. The van der Waals surface area contributed by atoms with Crippen molar-refractivity contribution in [3.63, 3.8) is 0 Å². The van der Waals surface area contributed by atoms with Gasteiger partial charge in [-0.25, -0.2) is 0 Å². The Hall–Kier alpha value is -1.55. The van der Waals surface area contributed by atoms with Crippen LogP contribution in [0, 0.1) is 0 Å². The van der Waals surface area contributed by atoms with Crippen molar-refractivity contribution >= 4 is 17.2 Å². The zero-order valence-corrected chi connectivity index (χ0v) is 10.5. The zero-order chi connectivity index (χ0) is 11.8. The van der Waals surface area contributed by atoms with E-state index < -0.39 is 0 Å². The maximum atomic E-state index is 12.2. The molecule has 1 aliphatic heterocycles. The molecule has 0 fully saturated rings. The molecule has 0 atom stereocenters. The Morgan fingerprint density at radius 1 is 1.41 bits per heavy atom. The van der Waals surface area contributed by atoms with E-state index in [1.54, 1.807) is 0 Å². The van der Waals surface area contributed by atoms with Crippen molar-refractivity contribution in [1.82, 2.24) is 9.47 Å². The number of amides is 1. The van der Waals surface area contributed by atoms with E-state index in [1.165, 1.54) is 22.6 Å². The monoisotopic (exact) mass is 246 g/mol. The molecular weight excluding hydrogens is 232 g/mol. The average Bonchev–Trinajstić information content (AvgIpc) is 2.98. The fourth-order valence-corrected chi connectivity index (χ4v) is 3.04. The lowest BCUT2D eigenvalue weighted by Gasteiger charge is -2.27. The largest absolute Gasteiger partial charge is 0.354 e. The fourth-order valence-electron chi connectivity index (χ4n) is 2.35. The Bertz CT molecular complexity index is 542. The van der Waals surface area contributed by atoms with Crippen LogP contribution in [0.25, 0.3) is 0 Å². The number of carbonyl (C=O) groups excluding carboxylic acids is 1. The third kappa shape index (κ3) is 1.78. The third-order valence-corrected chi connectivity index (χ3v) is 4.15. The Morgan fingerprint density at radius 2 is 2.29 bits per heavy atom. The van der Waals surface area contributed by atoms with E-state index in [0.29, 0.717) is 0 Å². The number of rotatable bonds is 1. The first-order valence-corrected chi connectivity index (χ1v) is 6.59. The molecule has 3 heterocycles. The molecule has 0 N–H and O–H groups in total. The van der Waals surface area contributed by atoms with E-state index in [9.17, 15) is 4.79 Å². The fraction of sp³-hybridized carbons (Fsp3) is 0.308. The van der Waals surface area contributed by atoms with Gasteiger partial charge in [-0.15, -0.1) is 11.3 Å². The minimum absolute atomic E-state index is 0.162. The number of hydrogen-bond donors (Lipinski definition) is 0. The maximum Gasteiger partial charge on any atom is 0.264 e. The second kappa shape index (κ2) is 4.04. The van der Waals surface area contributed by atoms with Crippen LogP contribution in [0.4, 0.5) is 0 Å². The van der Waals surface area contributed by atoms with Gasteiger partial charge in [-0.3, -0.25) is 4.79 Å². The van der Waals surface area contributed by atoms with Gasteiger partial charge >= 0.3 is 0 Å². The summed E-state index contributed by atoms with van der Waals surface area (Å²) in [5.41, 5.74) is 2.64. The number of nitrogens with zero attached hydrogens (tertiary/aromatic N) is 2. The van der Waals surface area contributed by atoms with Crippen molar-refractivity contribution in [1.29, 1.82) is 0 Å². The molecule has 2 aromatic heterocycles. The second-order valence-electron chi connectivity index (χ2n) is 4.35. The molecule has 0 unspecified atom stereocenters. The third-order valence-electron chi connectivity index (χ3n) is 3.29. The van der Waals surface area contributed by atoms with E-state index in [4.69, 9.17) is 0 Å². The first-order valence-electron chi connectivity index (χ1n) is 5.71. The van der Waals surface area contributed by atoms with Gasteiger partial charge in [-0.2, -0.15) is 0 Å². The highest BCUT2D eigenvalue weighted by atomic mass is 32.1. The highest BCUT2D eigenvalue weighted by Crippen LogP contribution is 2.22. The number of aromatic nitrogens is 1. The lowest BCUT2D eigenvalue weighted by molar-refractivity contribution is 0.0738. The van der Waals surface area contributed by atoms with Gasteiger partial charge in [-0.05, 0) is 23.1 Å². The number of hydrogen-bond acceptors (Lipinski definition) is 2. The van der Waals surface area contributed by atoms with E-state index in [-0.39, 0.29) is 5.91 Å². The summed E-state index contributed by atoms with van der Waals surface area (Å²) in [5.74, 6) is 0.162. The number of thiophene rings is 1. The highest BCUT2D eigenvalue weighted by molar-refractivity contribution is 7.12. The Kier molecular flexibility index (Phi) is 2.52. The molecule has 0 saturated heterocycles. The molecule has 0 spiro atoms. The van der Waals surface area contributed by atoms with Crippen LogP contribution in [0.1, 0.15) is 20.9 Å². The van der Waals surface area contributed by atoms with Crippen LogP contribution in [0.2, 0.25) is 0 Å². The molecule has 4 heteroatoms. The summed E-state index contributed by atoms with van der Waals surface area (Å²) in [6, 6.07) is 5.94. The van der Waals surface area contributed by atoms with Crippen LogP contribution in [0.5, 0.6) is 0 Å². The lowest BCUT2D eigenvalue weighted by Crippen LogP contribution is -2.35. The van der Waals surface area contributed by atoms with Crippen molar-refractivity contribution in [2.45, 2.75) is 13.0 Å². The van der Waals surface area contributed by atoms with Gasteiger partial charge in [0.1, 0.15) is 0 Å². The molecule has 17 heavy (non-hydrogen) atoms. The summed E-state index contributed by atoms with van der Waals surface area (Å²) in [5, 5.41) is 1.95. The molecule has 0 aromatic carbocycles. The Balaban J connectivity index is 1.83. The van der Waals surface area contributed by atoms with Crippen molar-refractivity contribution < 1.29 is 4.79 Å². The molecule has 0 bridgehead atoms. The van der Waals surface area contributed by atoms with Crippen LogP contribution in [0.3, 0.4) is 0 Å². The SMILES string of the molecule is Cn1ccc2c1CCN(C(=O)c1cccs1)C2. The van der Waals surface area contributed by atoms with E-state index in [1.807, 2.05) is 22.4 Å². The molecular formula is C13H14N2OS. The summed E-state index contributed by atoms with van der Waals surface area (Å²) >= 11 is 1.51. The van der Waals surface area contributed by atoms with Crippen LogP contribution in [0.15, 0.2) is 29.8 Å². The lowest BCUT2D eigenvalue weighted by atomic mass is 10.1. The normalized spacial score (nSPS) is 14.8. The van der Waals surface area contributed by atoms with Crippen LogP contribution in [-0.4, -0.2) is 21.9 Å². The van der Waals surface area contributed by atoms with Gasteiger partial charge in [0.15, 0.2) is 0 Å². The van der Waals surface area contributed by atoms with Crippen molar-refractivity contribution in [2.24, 2.45) is 7.05 Å². The average molecular weight is 246 g/mol. The predicted octanol–water partition coefficient (Wildman–Crippen LogP) is 2.29. The molecule has 1 amide bonds. The number of carbonyl (C=O) groups is 1. The van der Waals surface area contributed by atoms with Crippen LogP contribution >= 0.6 is 11.3 Å². The van der Waals surface area contributed by atoms with Crippen molar-refractivity contribution in [2.75, 3.05) is 6.54 Å². The standard InChI is InChI=1S/C13H14N2OS/c1-14-6-4-10-9-15(7-5-11(10)14)13(16)12-3-2-8-17-12/h2-4,6,8H,5,7,9H2,1H3. The summed E-state index contributed by atoms with van der Waals surface area (Å²) in [6.45, 7) is 1.56. The molecule has 0 radical (unpaired) electrons. The quantitative estimate of drug-likeness (QED) is 0.758. The summed E-state index contributed by atoms with van der Waals surface area (Å²) in [4.78, 5) is 15.0. The molecule has 88 valence electrons. The van der Waals surface area contributed by atoms with Gasteiger partial charge in [-0.1, -0.05) is 6.07 Å². The number of aryl methyl sites for hydroxylation is 1. The van der Waals surface area contributed by atoms with Crippen molar-refractivity contribution in [3.8, 4) is 0 Å². The first kappa shape index (κ1) is 10.6. The van der Waals surface area contributed by atoms with Gasteiger partial charge < -0.3 is 9.47 Å². The Labute approximate surface area is 104 Å². The second-order valence-corrected chi connectivity index (χ2v) is 5.30. The van der Waals surface area contributed by atoms with E-state index in [2.05, 4.69) is 23.9 Å².